The van der Waals surface area contributed by atoms with E-state index in [1.54, 1.807) is 29.2 Å². The van der Waals surface area contributed by atoms with Gasteiger partial charge in [0.1, 0.15) is 0 Å². The van der Waals surface area contributed by atoms with Crippen LogP contribution in [0.4, 0.5) is 22.0 Å². The summed E-state index contributed by atoms with van der Waals surface area (Å²) in [5.41, 5.74) is 6.58. The summed E-state index contributed by atoms with van der Waals surface area (Å²) in [6, 6.07) is 6.91. The maximum atomic E-state index is 13.3. The molecule has 13 heteroatoms. The second-order valence-corrected chi connectivity index (χ2v) is 10.8. The number of alkyl halides is 5. The molecule has 8 nitrogen and oxygen atoms in total. The summed E-state index contributed by atoms with van der Waals surface area (Å²) in [7, 11) is 0. The molecule has 2 saturated heterocycles. The highest BCUT2D eigenvalue weighted by atomic mass is 19.4. The highest BCUT2D eigenvalue weighted by Crippen LogP contribution is 2.37. The Labute approximate surface area is 228 Å². The first kappa shape index (κ1) is 29.6. The lowest BCUT2D eigenvalue weighted by Crippen LogP contribution is -2.49. The van der Waals surface area contributed by atoms with Crippen molar-refractivity contribution in [1.82, 2.24) is 19.8 Å². The molecule has 0 bridgehead atoms. The summed E-state index contributed by atoms with van der Waals surface area (Å²) >= 11 is 0. The van der Waals surface area contributed by atoms with Gasteiger partial charge in [0.2, 0.25) is 11.8 Å². The molecule has 1 aromatic heterocycles. The van der Waals surface area contributed by atoms with Crippen LogP contribution in [0, 0.1) is 5.92 Å². The highest BCUT2D eigenvalue weighted by molar-refractivity contribution is 5.95. The van der Waals surface area contributed by atoms with Gasteiger partial charge in [-0.1, -0.05) is 12.1 Å². The second-order valence-electron chi connectivity index (χ2n) is 10.8. The Morgan fingerprint density at radius 1 is 1.05 bits per heavy atom. The Morgan fingerprint density at radius 3 is 2.30 bits per heavy atom. The van der Waals surface area contributed by atoms with Crippen LogP contribution in [0.2, 0.25) is 0 Å². The lowest BCUT2D eigenvalue weighted by molar-refractivity contribution is -0.287. The van der Waals surface area contributed by atoms with E-state index in [-0.39, 0.29) is 43.8 Å². The minimum atomic E-state index is -5.56. The van der Waals surface area contributed by atoms with Crippen LogP contribution in [0.1, 0.15) is 49.4 Å². The number of benzene rings is 1. The predicted octanol–water partition coefficient (Wildman–Crippen LogP) is 4.30. The molecule has 4 rings (SSSR count). The molecular formula is C27H32F5N5O3. The monoisotopic (exact) mass is 569 g/mol. The Morgan fingerprint density at radius 2 is 1.73 bits per heavy atom. The van der Waals surface area contributed by atoms with Crippen molar-refractivity contribution in [2.45, 2.75) is 56.7 Å². The van der Waals surface area contributed by atoms with E-state index in [2.05, 4.69) is 9.97 Å². The van der Waals surface area contributed by atoms with E-state index in [4.69, 9.17) is 10.5 Å². The lowest BCUT2D eigenvalue weighted by atomic mass is 9.93. The molecule has 2 aliphatic rings. The largest absolute Gasteiger partial charge is 0.476 e. The van der Waals surface area contributed by atoms with Gasteiger partial charge >= 0.3 is 12.1 Å². The lowest BCUT2D eigenvalue weighted by Gasteiger charge is -2.34. The van der Waals surface area contributed by atoms with Crippen molar-refractivity contribution < 1.29 is 36.3 Å². The van der Waals surface area contributed by atoms with Crippen LogP contribution in [0.25, 0.3) is 11.3 Å². The standard InChI is InChI=1S/C27H32F5N5O3/c1-25(13-22(33)38)9-2-10-37(25)24(39)20-5-3-19(4-6-20)21-14-35-23(15-34-21)40-16-18-7-11-36(12-8-18)17-26(28,29)27(30,31)32/h3-6,14-15,18H,2,7-13,16-17H2,1H3,(H2,33,38)/t25-/m0/s1. The van der Waals surface area contributed by atoms with Crippen molar-refractivity contribution in [3.63, 3.8) is 0 Å². The van der Waals surface area contributed by atoms with Gasteiger partial charge in [0.25, 0.3) is 5.91 Å². The van der Waals surface area contributed by atoms with Crippen LogP contribution in [0.15, 0.2) is 36.7 Å². The van der Waals surface area contributed by atoms with Crippen LogP contribution < -0.4 is 10.5 Å². The molecule has 40 heavy (non-hydrogen) atoms. The molecule has 1 aromatic carbocycles. The average molecular weight is 570 g/mol. The normalized spacial score (nSPS) is 21.0. The second kappa shape index (κ2) is 11.6. The smallest absolute Gasteiger partial charge is 0.454 e. The van der Waals surface area contributed by atoms with Gasteiger partial charge in [-0.25, -0.2) is 9.97 Å². The zero-order chi connectivity index (χ0) is 29.1. The fraction of sp³-hybridized carbons (Fsp3) is 0.556. The third-order valence-corrected chi connectivity index (χ3v) is 7.62. The molecule has 1 atom stereocenters. The Balaban J connectivity index is 1.27. The molecule has 0 aliphatic carbocycles. The molecule has 2 amide bonds. The number of likely N-dealkylation sites (tertiary alicyclic amines) is 2. The number of halogens is 5. The van der Waals surface area contributed by atoms with Crippen molar-refractivity contribution in [2.75, 3.05) is 32.8 Å². The first-order chi connectivity index (χ1) is 18.8. The van der Waals surface area contributed by atoms with E-state index in [0.717, 1.165) is 16.9 Å². The van der Waals surface area contributed by atoms with Crippen LogP contribution in [0.5, 0.6) is 5.88 Å². The number of piperidine rings is 1. The number of aromatic nitrogens is 2. The predicted molar refractivity (Wildman–Crippen MR) is 136 cm³/mol. The Hall–Kier alpha value is -3.35. The molecule has 3 heterocycles. The fourth-order valence-electron chi connectivity index (χ4n) is 5.29. The molecular weight excluding hydrogens is 537 g/mol. The summed E-state index contributed by atoms with van der Waals surface area (Å²) in [6.07, 6.45) is -0.0822. The number of hydrogen-bond donors (Lipinski definition) is 1. The average Bonchev–Trinajstić information content (AvgIpc) is 3.27. The van der Waals surface area contributed by atoms with E-state index in [0.29, 0.717) is 37.1 Å². The number of hydrogen-bond acceptors (Lipinski definition) is 6. The van der Waals surface area contributed by atoms with Gasteiger partial charge in [-0.05, 0) is 63.7 Å². The van der Waals surface area contributed by atoms with Gasteiger partial charge in [0.15, 0.2) is 0 Å². The number of primary amides is 1. The summed E-state index contributed by atoms with van der Waals surface area (Å²) in [5, 5.41) is 0. The van der Waals surface area contributed by atoms with Crippen LogP contribution in [0.3, 0.4) is 0 Å². The quantitative estimate of drug-likeness (QED) is 0.452. The maximum Gasteiger partial charge on any atom is 0.454 e. The molecule has 218 valence electrons. The number of nitrogens with zero attached hydrogens (tertiary/aromatic N) is 4. The molecule has 0 radical (unpaired) electrons. The number of nitrogens with two attached hydrogens (primary N) is 1. The number of amides is 2. The Kier molecular flexibility index (Phi) is 8.62. The van der Waals surface area contributed by atoms with E-state index < -0.39 is 30.1 Å². The molecule has 0 spiro atoms. The molecule has 0 unspecified atom stereocenters. The van der Waals surface area contributed by atoms with E-state index in [1.165, 1.54) is 12.4 Å². The first-order valence-electron chi connectivity index (χ1n) is 13.1. The van der Waals surface area contributed by atoms with Crippen molar-refractivity contribution >= 4 is 11.8 Å². The van der Waals surface area contributed by atoms with Gasteiger partial charge in [0.05, 0.1) is 31.2 Å². The molecule has 0 saturated carbocycles. The van der Waals surface area contributed by atoms with E-state index in [9.17, 15) is 31.5 Å². The minimum absolute atomic E-state index is 0.00255. The van der Waals surface area contributed by atoms with Crippen LogP contribution in [-0.4, -0.2) is 82.0 Å². The van der Waals surface area contributed by atoms with Crippen molar-refractivity contribution in [3.8, 4) is 17.1 Å². The van der Waals surface area contributed by atoms with Crippen LogP contribution in [-0.2, 0) is 4.79 Å². The zero-order valence-corrected chi connectivity index (χ0v) is 22.1. The summed E-state index contributed by atoms with van der Waals surface area (Å²) in [5.74, 6) is -5.07. The van der Waals surface area contributed by atoms with Crippen molar-refractivity contribution in [3.05, 3.63) is 42.2 Å². The zero-order valence-electron chi connectivity index (χ0n) is 22.1. The number of carbonyl (C=O) groups is 2. The van der Waals surface area contributed by atoms with Gasteiger partial charge in [0, 0.05) is 29.6 Å². The third-order valence-electron chi connectivity index (χ3n) is 7.62. The maximum absolute atomic E-state index is 13.3. The van der Waals surface area contributed by atoms with E-state index >= 15 is 0 Å². The topological polar surface area (TPSA) is 102 Å². The fourth-order valence-corrected chi connectivity index (χ4v) is 5.29. The van der Waals surface area contributed by atoms with Gasteiger partial charge in [-0.3, -0.25) is 14.5 Å². The molecule has 2 aliphatic heterocycles. The van der Waals surface area contributed by atoms with Gasteiger partial charge in [-0.15, -0.1) is 0 Å². The molecule has 2 aromatic rings. The van der Waals surface area contributed by atoms with Gasteiger partial charge < -0.3 is 15.4 Å². The minimum Gasteiger partial charge on any atom is -0.476 e. The number of carbonyl (C=O) groups excluding carboxylic acids is 2. The summed E-state index contributed by atoms with van der Waals surface area (Å²) in [4.78, 5) is 36.1. The molecule has 2 N–H and O–H groups in total. The van der Waals surface area contributed by atoms with Crippen molar-refractivity contribution in [1.29, 1.82) is 0 Å². The molecule has 2 fully saturated rings. The third kappa shape index (κ3) is 6.86. The van der Waals surface area contributed by atoms with E-state index in [1.807, 2.05) is 6.92 Å². The highest BCUT2D eigenvalue weighted by Gasteiger charge is 2.58. The number of ether oxygens (including phenoxy) is 1. The van der Waals surface area contributed by atoms with Gasteiger partial charge in [-0.2, -0.15) is 22.0 Å². The Bertz CT molecular complexity index is 1180. The SMILES string of the molecule is C[C@@]1(CC(N)=O)CCCN1C(=O)c1ccc(-c2cnc(OCC3CCN(CC(F)(F)C(F)(F)F)CC3)cn2)cc1. The van der Waals surface area contributed by atoms with Crippen molar-refractivity contribution in [2.24, 2.45) is 11.7 Å². The first-order valence-corrected chi connectivity index (χ1v) is 13.1. The summed E-state index contributed by atoms with van der Waals surface area (Å²) in [6.45, 7) is 1.61. The number of rotatable bonds is 9. The summed E-state index contributed by atoms with van der Waals surface area (Å²) < 4.78 is 69.6. The van der Waals surface area contributed by atoms with Crippen LogP contribution >= 0.6 is 0 Å².